The van der Waals surface area contributed by atoms with Crippen molar-refractivity contribution in [2.75, 3.05) is 13.7 Å². The molecule has 0 heterocycles. The lowest BCUT2D eigenvalue weighted by atomic mass is 9.98. The lowest BCUT2D eigenvalue weighted by Gasteiger charge is -2.20. The molecule has 1 atom stereocenters. The highest BCUT2D eigenvalue weighted by molar-refractivity contribution is 5.78. The monoisotopic (exact) mass is 427 g/mol. The molecular weight excluding hydrogens is 404 g/mol. The number of rotatable bonds is 9. The summed E-state index contributed by atoms with van der Waals surface area (Å²) in [5.74, 6) is 0.714. The highest BCUT2D eigenvalue weighted by Crippen LogP contribution is 2.28. The first-order valence-electron chi connectivity index (χ1n) is 9.63. The average Bonchev–Trinajstić information content (AvgIpc) is 2.77. The molecule has 1 amide bonds. The third kappa shape index (κ3) is 6.18. The first-order chi connectivity index (χ1) is 15.0. The van der Waals surface area contributed by atoms with E-state index in [1.807, 2.05) is 49.4 Å². The molecule has 0 aliphatic heterocycles. The largest absolute Gasteiger partial charge is 0.493 e. The zero-order chi connectivity index (χ0) is 22.2. The number of hydrogen-bond acceptors (Lipinski definition) is 4. The molecule has 0 spiro atoms. The van der Waals surface area contributed by atoms with Crippen LogP contribution in [0.4, 0.5) is 8.78 Å². The van der Waals surface area contributed by atoms with Crippen molar-refractivity contribution in [2.45, 2.75) is 19.6 Å². The number of hydrogen-bond donors (Lipinski definition) is 1. The molecule has 0 saturated heterocycles. The number of amides is 1. The Kier molecular flexibility index (Phi) is 7.43. The van der Waals surface area contributed by atoms with E-state index in [-0.39, 0.29) is 18.3 Å². The maximum Gasteiger partial charge on any atom is 0.387 e. The molecular formula is C24H23F2NO4. The van der Waals surface area contributed by atoms with Crippen LogP contribution in [0.5, 0.6) is 17.2 Å². The van der Waals surface area contributed by atoms with Gasteiger partial charge in [-0.15, -0.1) is 0 Å². The molecule has 3 rings (SSSR count). The maximum atomic E-state index is 12.7. The van der Waals surface area contributed by atoms with Gasteiger partial charge < -0.3 is 19.5 Å². The molecule has 0 radical (unpaired) electrons. The molecule has 1 unspecified atom stereocenters. The Labute approximate surface area is 179 Å². The summed E-state index contributed by atoms with van der Waals surface area (Å²) in [5.41, 5.74) is 2.57. The van der Waals surface area contributed by atoms with E-state index in [2.05, 4.69) is 10.1 Å². The van der Waals surface area contributed by atoms with Gasteiger partial charge in [-0.2, -0.15) is 8.78 Å². The predicted octanol–water partition coefficient (Wildman–Crippen LogP) is 4.89. The van der Waals surface area contributed by atoms with Crippen LogP contribution >= 0.6 is 0 Å². The van der Waals surface area contributed by atoms with Gasteiger partial charge in [0.05, 0.1) is 13.2 Å². The zero-order valence-electron chi connectivity index (χ0n) is 17.2. The van der Waals surface area contributed by atoms with Crippen molar-refractivity contribution < 1.29 is 27.8 Å². The van der Waals surface area contributed by atoms with E-state index in [0.717, 1.165) is 11.1 Å². The number of aryl methyl sites for hydroxylation is 1. The second-order valence-corrected chi connectivity index (χ2v) is 6.80. The average molecular weight is 427 g/mol. The van der Waals surface area contributed by atoms with Gasteiger partial charge in [-0.05, 0) is 47.9 Å². The van der Waals surface area contributed by atoms with Crippen LogP contribution in [0.3, 0.4) is 0 Å². The molecule has 7 heteroatoms. The summed E-state index contributed by atoms with van der Waals surface area (Å²) < 4.78 is 40.2. The highest BCUT2D eigenvalue weighted by atomic mass is 19.3. The van der Waals surface area contributed by atoms with E-state index in [4.69, 9.17) is 9.47 Å². The van der Waals surface area contributed by atoms with E-state index >= 15 is 0 Å². The summed E-state index contributed by atoms with van der Waals surface area (Å²) in [7, 11) is 1.54. The van der Waals surface area contributed by atoms with Crippen LogP contribution in [0.15, 0.2) is 72.8 Å². The van der Waals surface area contributed by atoms with Gasteiger partial charge in [0.1, 0.15) is 5.75 Å². The Morgan fingerprint density at radius 1 is 0.935 bits per heavy atom. The molecule has 3 aromatic carbocycles. The minimum atomic E-state index is -2.90. The van der Waals surface area contributed by atoms with Crippen LogP contribution in [0, 0.1) is 6.92 Å². The van der Waals surface area contributed by atoms with Crippen LogP contribution in [0.25, 0.3) is 0 Å². The van der Waals surface area contributed by atoms with Gasteiger partial charge in [0, 0.05) is 0 Å². The minimum Gasteiger partial charge on any atom is -0.493 e. The fourth-order valence-electron chi connectivity index (χ4n) is 3.09. The van der Waals surface area contributed by atoms with Crippen LogP contribution in [-0.2, 0) is 4.79 Å². The second kappa shape index (κ2) is 10.4. The van der Waals surface area contributed by atoms with Crippen molar-refractivity contribution in [1.29, 1.82) is 0 Å². The molecule has 1 N–H and O–H groups in total. The van der Waals surface area contributed by atoms with Crippen LogP contribution in [0.1, 0.15) is 22.7 Å². The third-order valence-electron chi connectivity index (χ3n) is 4.55. The molecule has 0 aliphatic rings. The smallest absolute Gasteiger partial charge is 0.387 e. The predicted molar refractivity (Wildman–Crippen MR) is 113 cm³/mol. The van der Waals surface area contributed by atoms with Crippen LogP contribution < -0.4 is 19.5 Å². The van der Waals surface area contributed by atoms with Gasteiger partial charge in [-0.3, -0.25) is 4.79 Å². The lowest BCUT2D eigenvalue weighted by Crippen LogP contribution is -2.33. The molecule has 162 valence electrons. The Morgan fingerprint density at radius 2 is 1.61 bits per heavy atom. The summed E-state index contributed by atoms with van der Waals surface area (Å²) in [6.07, 6.45) is 0. The first-order valence-corrected chi connectivity index (χ1v) is 9.63. The van der Waals surface area contributed by atoms with Crippen LogP contribution in [-0.4, -0.2) is 26.2 Å². The quantitative estimate of drug-likeness (QED) is 0.528. The summed E-state index contributed by atoms with van der Waals surface area (Å²) in [4.78, 5) is 12.7. The van der Waals surface area contributed by atoms with Crippen molar-refractivity contribution in [3.63, 3.8) is 0 Å². The maximum absolute atomic E-state index is 12.7. The highest BCUT2D eigenvalue weighted by Gasteiger charge is 2.18. The van der Waals surface area contributed by atoms with Gasteiger partial charge in [0.15, 0.2) is 18.1 Å². The van der Waals surface area contributed by atoms with Crippen molar-refractivity contribution in [3.8, 4) is 17.2 Å². The molecule has 0 aliphatic carbocycles. The number of methoxy groups -OCH3 is 1. The summed E-state index contributed by atoms with van der Waals surface area (Å²) in [5, 5.41) is 2.94. The van der Waals surface area contributed by atoms with Gasteiger partial charge >= 0.3 is 6.61 Å². The molecule has 0 saturated carbocycles. The van der Waals surface area contributed by atoms with Gasteiger partial charge in [-0.1, -0.05) is 48.5 Å². The van der Waals surface area contributed by atoms with Crippen molar-refractivity contribution >= 4 is 5.91 Å². The Morgan fingerprint density at radius 3 is 2.26 bits per heavy atom. The SMILES string of the molecule is COc1cc(C)ccc1OCC(=O)NC(c1ccccc1)c1ccc(OC(F)F)cc1. The number of carbonyl (C=O) groups excluding carboxylic acids is 1. The Bertz CT molecular complexity index is 994. The Balaban J connectivity index is 1.74. The number of nitrogens with one attached hydrogen (secondary N) is 1. The molecule has 31 heavy (non-hydrogen) atoms. The standard InChI is InChI=1S/C24H23F2NO4/c1-16-8-13-20(21(14-16)29-2)30-15-22(28)27-23(17-6-4-3-5-7-17)18-9-11-19(12-10-18)31-24(25)26/h3-14,23-24H,15H2,1-2H3,(H,27,28). The number of benzene rings is 3. The number of ether oxygens (including phenoxy) is 3. The molecule has 5 nitrogen and oxygen atoms in total. The lowest BCUT2D eigenvalue weighted by molar-refractivity contribution is -0.123. The van der Waals surface area contributed by atoms with E-state index in [9.17, 15) is 13.6 Å². The fourth-order valence-corrected chi connectivity index (χ4v) is 3.09. The molecule has 0 bridgehead atoms. The van der Waals surface area contributed by atoms with Crippen molar-refractivity contribution in [2.24, 2.45) is 0 Å². The van der Waals surface area contributed by atoms with E-state index < -0.39 is 12.7 Å². The zero-order valence-corrected chi connectivity index (χ0v) is 17.2. The summed E-state index contributed by atoms with van der Waals surface area (Å²) in [6, 6.07) is 20.4. The molecule has 3 aromatic rings. The second-order valence-electron chi connectivity index (χ2n) is 6.80. The summed E-state index contributed by atoms with van der Waals surface area (Å²) >= 11 is 0. The van der Waals surface area contributed by atoms with Gasteiger partial charge in [0.25, 0.3) is 5.91 Å². The fraction of sp³-hybridized carbons (Fsp3) is 0.208. The normalized spacial score (nSPS) is 11.6. The Hall–Kier alpha value is -3.61. The molecule has 0 fully saturated rings. The van der Waals surface area contributed by atoms with Gasteiger partial charge in [-0.25, -0.2) is 0 Å². The van der Waals surface area contributed by atoms with Crippen LogP contribution in [0.2, 0.25) is 0 Å². The van der Waals surface area contributed by atoms with E-state index in [0.29, 0.717) is 17.1 Å². The van der Waals surface area contributed by atoms with Crippen molar-refractivity contribution in [1.82, 2.24) is 5.32 Å². The topological polar surface area (TPSA) is 56.8 Å². The minimum absolute atomic E-state index is 0.0479. The third-order valence-corrected chi connectivity index (χ3v) is 4.55. The van der Waals surface area contributed by atoms with E-state index in [1.165, 1.54) is 19.2 Å². The van der Waals surface area contributed by atoms with Crippen molar-refractivity contribution in [3.05, 3.63) is 89.5 Å². The number of alkyl halides is 2. The summed E-state index contributed by atoms with van der Waals surface area (Å²) in [6.45, 7) is -1.18. The number of halogens is 2. The van der Waals surface area contributed by atoms with E-state index in [1.54, 1.807) is 18.2 Å². The first kappa shape index (κ1) is 22.1. The molecule has 0 aromatic heterocycles. The number of carbonyl (C=O) groups is 1. The van der Waals surface area contributed by atoms with Gasteiger partial charge in [0.2, 0.25) is 0 Å².